The predicted octanol–water partition coefficient (Wildman–Crippen LogP) is 1.10. The first-order valence-corrected chi connectivity index (χ1v) is 7.27. The van der Waals surface area contributed by atoms with E-state index < -0.39 is 0 Å². The molecule has 3 heterocycles. The Morgan fingerprint density at radius 2 is 1.83 bits per heavy atom. The maximum Gasteiger partial charge on any atom is 0.275 e. The molecule has 0 fully saturated rings. The summed E-state index contributed by atoms with van der Waals surface area (Å²) in [5.74, 6) is 1.26. The minimum atomic E-state index is -0.214. The molecule has 1 aromatic carbocycles. The molecule has 118 valence electrons. The van der Waals surface area contributed by atoms with Crippen molar-refractivity contribution in [2.75, 3.05) is 13.2 Å². The van der Waals surface area contributed by atoms with Crippen LogP contribution in [-0.2, 0) is 7.05 Å². The SMILES string of the molecule is Cc1c2c(=O)n(C)[nH]c2cc(=O)n1-c1ccc2c(c1)OCCO2. The number of fused-ring (bicyclic) bond motifs is 2. The number of H-pyrrole nitrogens is 1. The number of nitrogens with one attached hydrogen (secondary N) is 1. The molecule has 0 saturated heterocycles. The zero-order valence-corrected chi connectivity index (χ0v) is 12.8. The van der Waals surface area contributed by atoms with Crippen molar-refractivity contribution in [3.8, 4) is 17.2 Å². The third-order valence-electron chi connectivity index (χ3n) is 4.05. The molecule has 3 aromatic rings. The summed E-state index contributed by atoms with van der Waals surface area (Å²) in [6.07, 6.45) is 0. The minimum Gasteiger partial charge on any atom is -0.486 e. The maximum absolute atomic E-state index is 12.5. The van der Waals surface area contributed by atoms with Crippen molar-refractivity contribution < 1.29 is 9.47 Å². The lowest BCUT2D eigenvalue weighted by Crippen LogP contribution is -2.22. The molecule has 0 spiro atoms. The van der Waals surface area contributed by atoms with Crippen LogP contribution >= 0.6 is 0 Å². The van der Waals surface area contributed by atoms with Gasteiger partial charge in [0.2, 0.25) is 0 Å². The van der Waals surface area contributed by atoms with Gasteiger partial charge in [0.15, 0.2) is 11.5 Å². The number of nitrogens with zero attached hydrogens (tertiary/aromatic N) is 2. The number of aromatic amines is 1. The van der Waals surface area contributed by atoms with Gasteiger partial charge in [0.05, 0.1) is 16.6 Å². The summed E-state index contributed by atoms with van der Waals surface area (Å²) in [4.78, 5) is 24.8. The number of aryl methyl sites for hydroxylation is 2. The van der Waals surface area contributed by atoms with E-state index in [9.17, 15) is 9.59 Å². The van der Waals surface area contributed by atoms with Crippen LogP contribution in [0.2, 0.25) is 0 Å². The standard InChI is InChI=1S/C16H15N3O4/c1-9-15-11(17-18(2)16(15)21)8-14(20)19(9)10-3-4-12-13(7-10)23-6-5-22-12/h3-4,7-8,17H,5-6H2,1-2H3. The van der Waals surface area contributed by atoms with Crippen LogP contribution in [0.3, 0.4) is 0 Å². The van der Waals surface area contributed by atoms with E-state index in [1.807, 2.05) is 0 Å². The first-order chi connectivity index (χ1) is 11.1. The number of hydrogen-bond acceptors (Lipinski definition) is 4. The van der Waals surface area contributed by atoms with Crippen LogP contribution < -0.4 is 20.6 Å². The Hall–Kier alpha value is -2.96. The average molecular weight is 313 g/mol. The molecule has 0 saturated carbocycles. The van der Waals surface area contributed by atoms with Gasteiger partial charge >= 0.3 is 0 Å². The van der Waals surface area contributed by atoms with Gasteiger partial charge in [-0.05, 0) is 19.1 Å². The second kappa shape index (κ2) is 4.77. The molecule has 0 atom stereocenters. The van der Waals surface area contributed by atoms with Crippen molar-refractivity contribution in [1.29, 1.82) is 0 Å². The zero-order valence-electron chi connectivity index (χ0n) is 12.8. The fourth-order valence-corrected chi connectivity index (χ4v) is 2.98. The summed E-state index contributed by atoms with van der Waals surface area (Å²) in [6, 6.07) is 6.74. The molecule has 1 aliphatic heterocycles. The summed E-state index contributed by atoms with van der Waals surface area (Å²) in [5, 5.41) is 3.38. The fraction of sp³-hybridized carbons (Fsp3) is 0.250. The van der Waals surface area contributed by atoms with E-state index in [-0.39, 0.29) is 11.1 Å². The van der Waals surface area contributed by atoms with Crippen molar-refractivity contribution in [2.45, 2.75) is 6.92 Å². The molecule has 7 nitrogen and oxygen atoms in total. The molecule has 0 radical (unpaired) electrons. The Morgan fingerprint density at radius 3 is 2.61 bits per heavy atom. The smallest absolute Gasteiger partial charge is 0.275 e. The number of pyridine rings is 1. The molecule has 1 N–H and O–H groups in total. The first kappa shape index (κ1) is 13.7. The predicted molar refractivity (Wildman–Crippen MR) is 84.9 cm³/mol. The summed E-state index contributed by atoms with van der Waals surface area (Å²) in [5.41, 5.74) is 1.39. The monoisotopic (exact) mass is 313 g/mol. The summed E-state index contributed by atoms with van der Waals surface area (Å²) in [6.45, 7) is 2.74. The molecular weight excluding hydrogens is 298 g/mol. The number of ether oxygens (including phenoxy) is 2. The Labute approximate surface area is 130 Å². The zero-order chi connectivity index (χ0) is 16.1. The van der Waals surface area contributed by atoms with Crippen LogP contribution in [0.15, 0.2) is 33.9 Å². The van der Waals surface area contributed by atoms with Crippen LogP contribution in [0, 0.1) is 6.92 Å². The highest BCUT2D eigenvalue weighted by atomic mass is 16.6. The van der Waals surface area contributed by atoms with Gasteiger partial charge in [-0.25, -0.2) is 0 Å². The molecule has 0 unspecified atom stereocenters. The highest BCUT2D eigenvalue weighted by Gasteiger charge is 2.17. The van der Waals surface area contributed by atoms with Gasteiger partial charge in [-0.3, -0.25) is 23.9 Å². The molecule has 0 amide bonds. The molecule has 4 rings (SSSR count). The van der Waals surface area contributed by atoms with Gasteiger partial charge in [0.25, 0.3) is 11.1 Å². The van der Waals surface area contributed by atoms with Crippen LogP contribution in [0.4, 0.5) is 0 Å². The van der Waals surface area contributed by atoms with Crippen LogP contribution in [0.25, 0.3) is 16.6 Å². The van der Waals surface area contributed by atoms with Gasteiger partial charge in [-0.2, -0.15) is 0 Å². The van der Waals surface area contributed by atoms with Crippen LogP contribution in [0.1, 0.15) is 5.69 Å². The Morgan fingerprint density at radius 1 is 1.09 bits per heavy atom. The second-order valence-corrected chi connectivity index (χ2v) is 5.50. The third-order valence-corrected chi connectivity index (χ3v) is 4.05. The van der Waals surface area contributed by atoms with Crippen molar-refractivity contribution in [3.05, 3.63) is 50.7 Å². The Bertz CT molecular complexity index is 1040. The molecule has 0 aliphatic carbocycles. The molecule has 0 bridgehead atoms. The van der Waals surface area contributed by atoms with E-state index in [1.54, 1.807) is 32.2 Å². The first-order valence-electron chi connectivity index (χ1n) is 7.27. The topological polar surface area (TPSA) is 78.2 Å². The Kier molecular flexibility index (Phi) is 2.84. The van der Waals surface area contributed by atoms with Gasteiger partial charge in [0.1, 0.15) is 13.2 Å². The molecule has 23 heavy (non-hydrogen) atoms. The molecule has 1 aliphatic rings. The van der Waals surface area contributed by atoms with E-state index in [4.69, 9.17) is 9.47 Å². The lowest BCUT2D eigenvalue weighted by atomic mass is 10.2. The van der Waals surface area contributed by atoms with Gasteiger partial charge in [0, 0.05) is 24.9 Å². The maximum atomic E-state index is 12.5. The van der Waals surface area contributed by atoms with E-state index in [0.29, 0.717) is 47.0 Å². The van der Waals surface area contributed by atoms with Crippen LogP contribution in [-0.4, -0.2) is 27.6 Å². The number of benzene rings is 1. The molecular formula is C16H15N3O4. The van der Waals surface area contributed by atoms with E-state index in [2.05, 4.69) is 5.10 Å². The molecule has 2 aromatic heterocycles. The minimum absolute atomic E-state index is 0.163. The van der Waals surface area contributed by atoms with Crippen molar-refractivity contribution >= 4 is 10.9 Å². The number of hydrogen-bond donors (Lipinski definition) is 1. The van der Waals surface area contributed by atoms with Crippen molar-refractivity contribution in [2.24, 2.45) is 7.05 Å². The highest BCUT2D eigenvalue weighted by Crippen LogP contribution is 2.32. The highest BCUT2D eigenvalue weighted by molar-refractivity contribution is 5.80. The van der Waals surface area contributed by atoms with Gasteiger partial charge in [-0.15, -0.1) is 0 Å². The normalized spacial score (nSPS) is 13.5. The average Bonchev–Trinajstić information content (AvgIpc) is 2.81. The third kappa shape index (κ3) is 1.97. The van der Waals surface area contributed by atoms with Crippen molar-refractivity contribution in [1.82, 2.24) is 14.3 Å². The Balaban J connectivity index is 2.00. The summed E-state index contributed by atoms with van der Waals surface area (Å²) >= 11 is 0. The lowest BCUT2D eigenvalue weighted by Gasteiger charge is -2.19. The van der Waals surface area contributed by atoms with Gasteiger partial charge in [-0.1, -0.05) is 0 Å². The summed E-state index contributed by atoms with van der Waals surface area (Å²) < 4.78 is 13.9. The number of rotatable bonds is 1. The number of aromatic nitrogens is 3. The second-order valence-electron chi connectivity index (χ2n) is 5.50. The molecule has 7 heteroatoms. The van der Waals surface area contributed by atoms with Crippen LogP contribution in [0.5, 0.6) is 11.5 Å². The lowest BCUT2D eigenvalue weighted by molar-refractivity contribution is 0.171. The van der Waals surface area contributed by atoms with Gasteiger partial charge < -0.3 is 9.47 Å². The summed E-state index contributed by atoms with van der Waals surface area (Å²) in [7, 11) is 1.63. The quantitative estimate of drug-likeness (QED) is 0.729. The van der Waals surface area contributed by atoms with E-state index in [0.717, 1.165) is 0 Å². The van der Waals surface area contributed by atoms with Crippen molar-refractivity contribution in [3.63, 3.8) is 0 Å². The van der Waals surface area contributed by atoms with E-state index in [1.165, 1.54) is 15.3 Å². The fourth-order valence-electron chi connectivity index (χ4n) is 2.98. The largest absolute Gasteiger partial charge is 0.486 e. The van der Waals surface area contributed by atoms with E-state index >= 15 is 0 Å².